The molecule has 110 valence electrons. The Balaban J connectivity index is 2.05. The van der Waals surface area contributed by atoms with Gasteiger partial charge in [0.2, 0.25) is 0 Å². The van der Waals surface area contributed by atoms with Crippen LogP contribution < -0.4 is 10.1 Å². The van der Waals surface area contributed by atoms with Crippen LogP contribution in [0.5, 0.6) is 5.75 Å². The Morgan fingerprint density at radius 1 is 1.50 bits per heavy atom. The first-order valence-corrected chi connectivity index (χ1v) is 6.95. The number of nitro groups is 1. The molecule has 0 spiro atoms. The molecule has 1 N–H and O–H groups in total. The first-order valence-electron chi connectivity index (χ1n) is 6.95. The van der Waals surface area contributed by atoms with Gasteiger partial charge >= 0.3 is 0 Å². The lowest BCUT2D eigenvalue weighted by molar-refractivity contribution is -0.384. The van der Waals surface area contributed by atoms with Gasteiger partial charge in [0.1, 0.15) is 5.75 Å². The molecule has 0 saturated carbocycles. The van der Waals surface area contributed by atoms with Crippen molar-refractivity contribution in [1.82, 2.24) is 4.90 Å². The average Bonchev–Trinajstić information content (AvgIpc) is 2.92. The molecule has 1 atom stereocenters. The Morgan fingerprint density at radius 2 is 2.30 bits per heavy atom. The monoisotopic (exact) mass is 279 g/mol. The van der Waals surface area contributed by atoms with E-state index >= 15 is 0 Å². The molecule has 2 rings (SSSR count). The van der Waals surface area contributed by atoms with E-state index in [4.69, 9.17) is 4.74 Å². The maximum atomic E-state index is 10.9. The van der Waals surface area contributed by atoms with Crippen LogP contribution in [-0.4, -0.2) is 42.6 Å². The number of ether oxygens (including phenoxy) is 1. The summed E-state index contributed by atoms with van der Waals surface area (Å²) in [6.45, 7) is 5.15. The molecule has 1 unspecified atom stereocenters. The Morgan fingerprint density at radius 3 is 2.95 bits per heavy atom. The largest absolute Gasteiger partial charge is 0.496 e. The Bertz CT molecular complexity index is 479. The van der Waals surface area contributed by atoms with E-state index in [2.05, 4.69) is 17.1 Å². The Kier molecular flexibility index (Phi) is 4.79. The lowest BCUT2D eigenvalue weighted by Crippen LogP contribution is -2.34. The maximum absolute atomic E-state index is 10.9. The van der Waals surface area contributed by atoms with Crippen molar-refractivity contribution < 1.29 is 9.66 Å². The van der Waals surface area contributed by atoms with Gasteiger partial charge in [-0.3, -0.25) is 15.0 Å². The normalized spacial score (nSPS) is 19.0. The van der Waals surface area contributed by atoms with Crippen molar-refractivity contribution >= 4 is 11.4 Å². The van der Waals surface area contributed by atoms with Gasteiger partial charge in [-0.15, -0.1) is 0 Å². The lowest BCUT2D eigenvalue weighted by Gasteiger charge is -2.23. The maximum Gasteiger partial charge on any atom is 0.275 e. The zero-order valence-corrected chi connectivity index (χ0v) is 12.0. The minimum Gasteiger partial charge on any atom is -0.496 e. The number of benzene rings is 1. The van der Waals surface area contributed by atoms with Crippen LogP contribution >= 0.6 is 0 Å². The van der Waals surface area contributed by atoms with Crippen molar-refractivity contribution in [3.8, 4) is 5.75 Å². The third kappa shape index (κ3) is 3.39. The molecule has 1 aromatic carbocycles. The van der Waals surface area contributed by atoms with Crippen molar-refractivity contribution in [2.24, 2.45) is 0 Å². The molecule has 1 aromatic rings. The fourth-order valence-corrected chi connectivity index (χ4v) is 2.69. The highest BCUT2D eigenvalue weighted by Gasteiger charge is 2.22. The fourth-order valence-electron chi connectivity index (χ4n) is 2.69. The van der Waals surface area contributed by atoms with Gasteiger partial charge in [-0.1, -0.05) is 6.92 Å². The molecular formula is C14H21N3O3. The zero-order valence-electron chi connectivity index (χ0n) is 12.0. The number of methoxy groups -OCH3 is 1. The molecule has 6 heteroatoms. The van der Waals surface area contributed by atoms with E-state index in [-0.39, 0.29) is 5.69 Å². The third-order valence-electron chi connectivity index (χ3n) is 3.78. The van der Waals surface area contributed by atoms with Gasteiger partial charge in [0.25, 0.3) is 5.69 Å². The minimum absolute atomic E-state index is 0.0469. The van der Waals surface area contributed by atoms with Gasteiger partial charge in [-0.05, 0) is 25.9 Å². The number of rotatable bonds is 6. The fraction of sp³-hybridized carbons (Fsp3) is 0.571. The van der Waals surface area contributed by atoms with E-state index in [1.54, 1.807) is 12.1 Å². The van der Waals surface area contributed by atoms with Crippen molar-refractivity contribution in [3.05, 3.63) is 28.3 Å². The summed E-state index contributed by atoms with van der Waals surface area (Å²) in [4.78, 5) is 12.9. The number of hydrogen-bond donors (Lipinski definition) is 1. The standard InChI is InChI=1S/C14H21N3O3/c1-3-16-6-4-5-12(16)10-15-11-7-13(17(18)19)9-14(8-11)20-2/h7-9,12,15H,3-6,10H2,1-2H3. The summed E-state index contributed by atoms with van der Waals surface area (Å²) < 4.78 is 5.10. The second-order valence-corrected chi connectivity index (χ2v) is 4.98. The molecule has 0 radical (unpaired) electrons. The van der Waals surface area contributed by atoms with Gasteiger partial charge in [-0.25, -0.2) is 0 Å². The summed E-state index contributed by atoms with van der Waals surface area (Å²) in [7, 11) is 1.51. The molecule has 6 nitrogen and oxygen atoms in total. The van der Waals surface area contributed by atoms with Gasteiger partial charge in [-0.2, -0.15) is 0 Å². The summed E-state index contributed by atoms with van der Waals surface area (Å²) in [6.07, 6.45) is 2.39. The molecule has 1 aliphatic rings. The topological polar surface area (TPSA) is 67.6 Å². The Labute approximate surface area is 118 Å². The van der Waals surface area contributed by atoms with E-state index in [0.29, 0.717) is 11.8 Å². The predicted molar refractivity (Wildman–Crippen MR) is 78.4 cm³/mol. The van der Waals surface area contributed by atoms with Crippen molar-refractivity contribution in [3.63, 3.8) is 0 Å². The molecule has 1 aliphatic heterocycles. The van der Waals surface area contributed by atoms with Crippen molar-refractivity contribution in [1.29, 1.82) is 0 Å². The summed E-state index contributed by atoms with van der Waals surface area (Å²) in [5.74, 6) is 0.500. The second-order valence-electron chi connectivity index (χ2n) is 4.98. The highest BCUT2D eigenvalue weighted by Crippen LogP contribution is 2.26. The number of anilines is 1. The molecule has 0 aromatic heterocycles. The van der Waals surface area contributed by atoms with E-state index in [9.17, 15) is 10.1 Å². The molecule has 1 fully saturated rings. The van der Waals surface area contributed by atoms with Gasteiger partial charge in [0.05, 0.1) is 18.1 Å². The first kappa shape index (κ1) is 14.6. The van der Waals surface area contributed by atoms with Crippen LogP contribution in [0.1, 0.15) is 19.8 Å². The zero-order chi connectivity index (χ0) is 14.5. The van der Waals surface area contributed by atoms with Crippen LogP contribution in [0.15, 0.2) is 18.2 Å². The SMILES string of the molecule is CCN1CCCC1CNc1cc(OC)cc([N+](=O)[O-])c1. The van der Waals surface area contributed by atoms with Crippen LogP contribution in [-0.2, 0) is 0 Å². The van der Waals surface area contributed by atoms with Crippen molar-refractivity contribution in [2.45, 2.75) is 25.8 Å². The second kappa shape index (κ2) is 6.56. The molecule has 0 amide bonds. The molecule has 20 heavy (non-hydrogen) atoms. The smallest absolute Gasteiger partial charge is 0.275 e. The van der Waals surface area contributed by atoms with E-state index in [1.807, 2.05) is 0 Å². The predicted octanol–water partition coefficient (Wildman–Crippen LogP) is 2.50. The summed E-state index contributed by atoms with van der Waals surface area (Å²) in [5, 5.41) is 14.2. The number of nitrogens with zero attached hydrogens (tertiary/aromatic N) is 2. The number of nitro benzene ring substituents is 1. The summed E-state index contributed by atoms with van der Waals surface area (Å²) in [6, 6.07) is 5.27. The first-order chi connectivity index (χ1) is 9.63. The number of likely N-dealkylation sites (tertiary alicyclic amines) is 1. The average molecular weight is 279 g/mol. The van der Waals surface area contributed by atoms with Crippen LogP contribution in [0.25, 0.3) is 0 Å². The highest BCUT2D eigenvalue weighted by atomic mass is 16.6. The highest BCUT2D eigenvalue weighted by molar-refractivity contribution is 5.56. The molecule has 1 saturated heterocycles. The Hall–Kier alpha value is -1.82. The van der Waals surface area contributed by atoms with Crippen LogP contribution in [0.3, 0.4) is 0 Å². The summed E-state index contributed by atoms with van der Waals surface area (Å²) in [5.41, 5.74) is 0.782. The van der Waals surface area contributed by atoms with E-state index in [0.717, 1.165) is 25.3 Å². The van der Waals surface area contributed by atoms with Crippen LogP contribution in [0.4, 0.5) is 11.4 Å². The molecule has 0 bridgehead atoms. The van der Waals surface area contributed by atoms with E-state index < -0.39 is 4.92 Å². The van der Waals surface area contributed by atoms with Crippen LogP contribution in [0.2, 0.25) is 0 Å². The van der Waals surface area contributed by atoms with Gasteiger partial charge in [0, 0.05) is 30.4 Å². The molecule has 1 heterocycles. The number of likely N-dealkylation sites (N-methyl/N-ethyl adjacent to an activating group) is 1. The van der Waals surface area contributed by atoms with Crippen LogP contribution in [0, 0.1) is 10.1 Å². The number of non-ortho nitro benzene ring substituents is 1. The lowest BCUT2D eigenvalue weighted by atomic mass is 10.2. The third-order valence-corrected chi connectivity index (χ3v) is 3.78. The molecular weight excluding hydrogens is 258 g/mol. The quantitative estimate of drug-likeness (QED) is 0.640. The summed E-state index contributed by atoms with van der Waals surface area (Å²) >= 11 is 0. The molecule has 0 aliphatic carbocycles. The van der Waals surface area contributed by atoms with Crippen molar-refractivity contribution in [2.75, 3.05) is 32.1 Å². The number of nitrogens with one attached hydrogen (secondary N) is 1. The number of hydrogen-bond acceptors (Lipinski definition) is 5. The van der Waals surface area contributed by atoms with E-state index in [1.165, 1.54) is 26.0 Å². The van der Waals surface area contributed by atoms with Gasteiger partial charge in [0.15, 0.2) is 0 Å². The minimum atomic E-state index is -0.401. The van der Waals surface area contributed by atoms with Gasteiger partial charge < -0.3 is 10.1 Å².